The van der Waals surface area contributed by atoms with E-state index in [0.29, 0.717) is 23.4 Å². The lowest BCUT2D eigenvalue weighted by molar-refractivity contribution is -0.143. The zero-order valence-electron chi connectivity index (χ0n) is 11.1. The number of aryl methyl sites for hydroxylation is 2. The smallest absolute Gasteiger partial charge is 0.358 e. The Morgan fingerprint density at radius 3 is 1.57 bits per heavy atom. The molecule has 0 spiro atoms. The minimum Gasteiger partial charge on any atom is -0.358 e. The maximum atomic E-state index is 12.8. The summed E-state index contributed by atoms with van der Waals surface area (Å²) in [4.78, 5) is 2.78. The van der Waals surface area contributed by atoms with E-state index in [4.69, 9.17) is 0 Å². The molecule has 21 heavy (non-hydrogen) atoms. The highest BCUT2D eigenvalue weighted by molar-refractivity contribution is 5.66. The molecule has 1 aromatic carbocycles. The molecule has 0 unspecified atom stereocenters. The van der Waals surface area contributed by atoms with Crippen molar-refractivity contribution in [3.8, 4) is 11.3 Å². The van der Waals surface area contributed by atoms with Crippen molar-refractivity contribution in [1.82, 2.24) is 4.98 Å². The average molecular weight is 307 g/mol. The van der Waals surface area contributed by atoms with Crippen molar-refractivity contribution in [2.75, 3.05) is 0 Å². The van der Waals surface area contributed by atoms with Gasteiger partial charge in [-0.1, -0.05) is 0 Å². The number of halogens is 6. The maximum Gasteiger partial charge on any atom is 0.416 e. The fourth-order valence-electron chi connectivity index (χ4n) is 2.13. The lowest BCUT2D eigenvalue weighted by atomic mass is 10.0. The highest BCUT2D eigenvalue weighted by Crippen LogP contribution is 2.39. The lowest BCUT2D eigenvalue weighted by Gasteiger charge is -2.14. The second kappa shape index (κ2) is 4.82. The van der Waals surface area contributed by atoms with Crippen LogP contribution in [0.5, 0.6) is 0 Å². The summed E-state index contributed by atoms with van der Waals surface area (Å²) in [6, 6.07) is 3.21. The molecule has 1 nitrogen and oxygen atoms in total. The van der Waals surface area contributed by atoms with Crippen LogP contribution in [0, 0.1) is 13.8 Å². The summed E-state index contributed by atoms with van der Waals surface area (Å²) < 4.78 is 76.7. The van der Waals surface area contributed by atoms with Gasteiger partial charge in [-0.3, -0.25) is 0 Å². The molecule has 0 amide bonds. The van der Waals surface area contributed by atoms with Crippen molar-refractivity contribution in [2.24, 2.45) is 0 Å². The van der Waals surface area contributed by atoms with Gasteiger partial charge in [-0.2, -0.15) is 26.3 Å². The van der Waals surface area contributed by atoms with E-state index >= 15 is 0 Å². The zero-order chi connectivity index (χ0) is 16.0. The third kappa shape index (κ3) is 3.22. The Labute approximate surface area is 116 Å². The van der Waals surface area contributed by atoms with Gasteiger partial charge in [-0.25, -0.2) is 0 Å². The zero-order valence-corrected chi connectivity index (χ0v) is 11.1. The summed E-state index contributed by atoms with van der Waals surface area (Å²) in [6.07, 6.45) is -9.68. The van der Waals surface area contributed by atoms with Crippen molar-refractivity contribution in [1.29, 1.82) is 0 Å². The van der Waals surface area contributed by atoms with Crippen LogP contribution in [0.1, 0.15) is 22.4 Å². The molecule has 0 aliphatic carbocycles. The fraction of sp³-hybridized carbons (Fsp3) is 0.286. The highest BCUT2D eigenvalue weighted by Gasteiger charge is 2.37. The summed E-state index contributed by atoms with van der Waals surface area (Å²) in [5, 5.41) is 0. The van der Waals surface area contributed by atoms with E-state index in [1.54, 1.807) is 19.9 Å². The van der Waals surface area contributed by atoms with Gasteiger partial charge in [0, 0.05) is 11.4 Å². The van der Waals surface area contributed by atoms with Gasteiger partial charge in [0.1, 0.15) is 0 Å². The van der Waals surface area contributed by atoms with Crippen molar-refractivity contribution < 1.29 is 26.3 Å². The van der Waals surface area contributed by atoms with Gasteiger partial charge in [-0.05, 0) is 49.2 Å². The third-order valence-electron chi connectivity index (χ3n) is 3.03. The van der Waals surface area contributed by atoms with Gasteiger partial charge in [0.05, 0.1) is 11.1 Å². The summed E-state index contributed by atoms with van der Waals surface area (Å²) in [7, 11) is 0. The maximum absolute atomic E-state index is 12.8. The number of aromatic amines is 1. The van der Waals surface area contributed by atoms with Crippen LogP contribution in [0.15, 0.2) is 24.3 Å². The fourth-order valence-corrected chi connectivity index (χ4v) is 2.13. The van der Waals surface area contributed by atoms with E-state index in [9.17, 15) is 26.3 Å². The molecule has 2 aromatic rings. The van der Waals surface area contributed by atoms with E-state index < -0.39 is 23.5 Å². The van der Waals surface area contributed by atoms with Gasteiger partial charge in [0.2, 0.25) is 0 Å². The Morgan fingerprint density at radius 1 is 0.762 bits per heavy atom. The number of alkyl halides is 6. The minimum atomic E-state index is -4.84. The molecule has 1 aromatic heterocycles. The third-order valence-corrected chi connectivity index (χ3v) is 3.03. The lowest BCUT2D eigenvalue weighted by Crippen LogP contribution is -2.11. The molecule has 1 N–H and O–H groups in total. The first-order valence-corrected chi connectivity index (χ1v) is 5.94. The summed E-state index contributed by atoms with van der Waals surface area (Å²) in [6.45, 7) is 3.29. The standard InChI is InChI=1S/C14H11F6N/c1-7-3-8(2)21-12(7)9-4-10(13(15,16)17)6-11(5-9)14(18,19)20/h3-6,21H,1-2H3. The molecule has 0 aliphatic heterocycles. The van der Waals surface area contributed by atoms with Gasteiger partial charge in [-0.15, -0.1) is 0 Å². The molecule has 0 saturated carbocycles. The Kier molecular flexibility index (Phi) is 3.55. The van der Waals surface area contributed by atoms with Crippen LogP contribution in [0.3, 0.4) is 0 Å². The Balaban J connectivity index is 2.69. The van der Waals surface area contributed by atoms with Crippen molar-refractivity contribution >= 4 is 0 Å². The molecule has 2 rings (SSSR count). The van der Waals surface area contributed by atoms with Crippen LogP contribution in [0.2, 0.25) is 0 Å². The molecular weight excluding hydrogens is 296 g/mol. The van der Waals surface area contributed by atoms with Gasteiger partial charge in [0.25, 0.3) is 0 Å². The first-order valence-electron chi connectivity index (χ1n) is 5.94. The van der Waals surface area contributed by atoms with Crippen LogP contribution in [0.25, 0.3) is 11.3 Å². The molecule has 0 saturated heterocycles. The van der Waals surface area contributed by atoms with Crippen LogP contribution in [-0.2, 0) is 12.4 Å². The molecule has 0 aliphatic rings. The second-order valence-electron chi connectivity index (χ2n) is 4.80. The summed E-state index contributed by atoms with van der Waals surface area (Å²) in [5.41, 5.74) is -1.28. The number of hydrogen-bond acceptors (Lipinski definition) is 0. The molecule has 114 valence electrons. The van der Waals surface area contributed by atoms with E-state index in [1.165, 1.54) is 0 Å². The summed E-state index contributed by atoms with van der Waals surface area (Å²) >= 11 is 0. The molecule has 0 bridgehead atoms. The van der Waals surface area contributed by atoms with Gasteiger partial charge >= 0.3 is 12.4 Å². The summed E-state index contributed by atoms with van der Waals surface area (Å²) in [5.74, 6) is 0. The van der Waals surface area contributed by atoms with Crippen LogP contribution < -0.4 is 0 Å². The first-order chi connectivity index (χ1) is 9.48. The monoisotopic (exact) mass is 307 g/mol. The molecule has 0 radical (unpaired) electrons. The van der Waals surface area contributed by atoms with Crippen molar-refractivity contribution in [2.45, 2.75) is 26.2 Å². The Bertz CT molecular complexity index is 631. The number of nitrogens with one attached hydrogen (secondary N) is 1. The topological polar surface area (TPSA) is 15.8 Å². The van der Waals surface area contributed by atoms with Crippen LogP contribution in [-0.4, -0.2) is 4.98 Å². The second-order valence-corrected chi connectivity index (χ2v) is 4.80. The van der Waals surface area contributed by atoms with Gasteiger partial charge in [0.15, 0.2) is 0 Å². The molecular formula is C14H11F6N. The minimum absolute atomic E-state index is 0.120. The number of benzene rings is 1. The predicted octanol–water partition coefficient (Wildman–Crippen LogP) is 5.34. The molecule has 1 heterocycles. The Morgan fingerprint density at radius 2 is 1.24 bits per heavy atom. The van der Waals surface area contributed by atoms with Crippen LogP contribution >= 0.6 is 0 Å². The SMILES string of the molecule is Cc1cc(C)c(-c2cc(C(F)(F)F)cc(C(F)(F)F)c2)[nH]1. The Hall–Kier alpha value is -1.92. The first kappa shape index (κ1) is 15.5. The number of H-pyrrole nitrogens is 1. The number of hydrogen-bond donors (Lipinski definition) is 1. The molecule has 0 atom stereocenters. The quantitative estimate of drug-likeness (QED) is 0.685. The normalized spacial score (nSPS) is 12.8. The van der Waals surface area contributed by atoms with E-state index in [-0.39, 0.29) is 17.3 Å². The van der Waals surface area contributed by atoms with Crippen molar-refractivity contribution in [3.63, 3.8) is 0 Å². The number of aromatic nitrogens is 1. The largest absolute Gasteiger partial charge is 0.416 e. The average Bonchev–Trinajstić information content (AvgIpc) is 2.65. The highest BCUT2D eigenvalue weighted by atomic mass is 19.4. The van der Waals surface area contributed by atoms with E-state index in [0.717, 1.165) is 0 Å². The molecule has 7 heteroatoms. The van der Waals surface area contributed by atoms with Gasteiger partial charge < -0.3 is 4.98 Å². The van der Waals surface area contributed by atoms with Crippen LogP contribution in [0.4, 0.5) is 26.3 Å². The molecule has 0 fully saturated rings. The van der Waals surface area contributed by atoms with E-state index in [1.807, 2.05) is 0 Å². The predicted molar refractivity (Wildman–Crippen MR) is 65.7 cm³/mol. The number of rotatable bonds is 1. The van der Waals surface area contributed by atoms with Crippen molar-refractivity contribution in [3.05, 3.63) is 46.6 Å². The van der Waals surface area contributed by atoms with E-state index in [2.05, 4.69) is 4.98 Å².